The first-order valence-electron chi connectivity index (χ1n) is 7.14. The maximum absolute atomic E-state index is 12.7. The molecule has 0 radical (unpaired) electrons. The van der Waals surface area contributed by atoms with Crippen molar-refractivity contribution in [3.05, 3.63) is 36.0 Å². The van der Waals surface area contributed by atoms with Gasteiger partial charge >= 0.3 is 0 Å². The highest BCUT2D eigenvalue weighted by Gasteiger charge is 2.26. The second-order valence-electron chi connectivity index (χ2n) is 5.06. The fraction of sp³-hybridized carbons (Fsp3) is 0.562. The second kappa shape index (κ2) is 7.95. The first-order valence-corrected chi connectivity index (χ1v) is 7.14. The summed E-state index contributed by atoms with van der Waals surface area (Å²) in [7, 11) is 0. The molecular weight excluding hydrogens is 238 g/mol. The Morgan fingerprint density at radius 3 is 2.68 bits per heavy atom. The maximum Gasteiger partial charge on any atom is 0.211 e. The molecule has 0 fully saturated rings. The van der Waals surface area contributed by atoms with Crippen LogP contribution in [0.1, 0.15) is 51.9 Å². The number of allylic oxidation sites excluding steroid dienone is 5. The Labute approximate surface area is 115 Å². The molecule has 0 saturated heterocycles. The van der Waals surface area contributed by atoms with Crippen LogP contribution in [0.2, 0.25) is 0 Å². The van der Waals surface area contributed by atoms with Crippen LogP contribution < -0.4 is 10.8 Å². The van der Waals surface area contributed by atoms with E-state index in [1.807, 2.05) is 18.2 Å². The molecule has 2 N–H and O–H groups in total. The second-order valence-corrected chi connectivity index (χ2v) is 5.06. The molecule has 0 aliphatic heterocycles. The van der Waals surface area contributed by atoms with E-state index in [4.69, 9.17) is 5.73 Å². The topological polar surface area (TPSA) is 66.2 Å². The number of carbonyl (C=O) groups excluding carboxylic acids is 1. The van der Waals surface area contributed by atoms with E-state index >= 15 is 0 Å². The highest BCUT2D eigenvalue weighted by molar-refractivity contribution is 5.86. The van der Waals surface area contributed by atoms with E-state index in [1.165, 1.54) is 12.8 Å². The Morgan fingerprint density at radius 2 is 2.00 bits per heavy atom. The molecule has 3 nitrogen and oxygen atoms in total. The van der Waals surface area contributed by atoms with E-state index in [2.05, 4.69) is 6.92 Å². The van der Waals surface area contributed by atoms with Gasteiger partial charge in [0.05, 0.1) is 0 Å². The average Bonchev–Trinajstić information content (AvgIpc) is 2.67. The van der Waals surface area contributed by atoms with Crippen molar-refractivity contribution in [1.29, 1.82) is 0 Å². The molecule has 1 unspecified atom stereocenters. The van der Waals surface area contributed by atoms with Crippen molar-refractivity contribution in [2.75, 3.05) is 0 Å². The largest absolute Gasteiger partial charge is 0.839 e. The molecule has 106 valence electrons. The van der Waals surface area contributed by atoms with Gasteiger partial charge in [0.25, 0.3) is 0 Å². The summed E-state index contributed by atoms with van der Waals surface area (Å²) < 4.78 is 0. The van der Waals surface area contributed by atoms with Crippen molar-refractivity contribution < 1.29 is 9.90 Å². The SMILES string of the molecule is CCCCCCCC([O-])(C(N)=O)C1=CC=CC=CC1. The van der Waals surface area contributed by atoms with Crippen LogP contribution >= 0.6 is 0 Å². The van der Waals surface area contributed by atoms with Gasteiger partial charge in [-0.15, -0.1) is 0 Å². The van der Waals surface area contributed by atoms with Crippen molar-refractivity contribution >= 4 is 5.91 Å². The van der Waals surface area contributed by atoms with Gasteiger partial charge in [-0.3, -0.25) is 4.79 Å². The van der Waals surface area contributed by atoms with E-state index in [0.29, 0.717) is 18.4 Å². The molecule has 0 spiro atoms. The molecule has 0 aromatic heterocycles. The third-order valence-electron chi connectivity index (χ3n) is 3.54. The Kier molecular flexibility index (Phi) is 6.57. The lowest BCUT2D eigenvalue weighted by Crippen LogP contribution is -2.56. The molecular formula is C16H24NO2-. The van der Waals surface area contributed by atoms with Crippen LogP contribution in [0, 0.1) is 0 Å². The molecule has 0 heterocycles. The van der Waals surface area contributed by atoms with Gasteiger partial charge in [-0.05, 0) is 12.0 Å². The molecule has 0 aromatic rings. The minimum absolute atomic E-state index is 0.305. The predicted molar refractivity (Wildman–Crippen MR) is 76.3 cm³/mol. The minimum Gasteiger partial charge on any atom is -0.839 e. The monoisotopic (exact) mass is 262 g/mol. The summed E-state index contributed by atoms with van der Waals surface area (Å²) in [6.07, 6.45) is 15.2. The first-order chi connectivity index (χ1) is 9.11. The summed E-state index contributed by atoms with van der Waals surface area (Å²) in [6.45, 7) is 2.15. The standard InChI is InChI=1S/C16H24NO2/c1-2-3-4-7-10-13-16(19,15(17)18)14-11-8-5-6-9-12-14/h5-6,8-9,11H,2-4,7,10,12-13H2,1H3,(H2,17,18)/q-1. The number of rotatable bonds is 8. The molecule has 3 heteroatoms. The fourth-order valence-corrected chi connectivity index (χ4v) is 2.30. The molecule has 0 aromatic carbocycles. The maximum atomic E-state index is 12.7. The zero-order valence-electron chi connectivity index (χ0n) is 11.7. The van der Waals surface area contributed by atoms with E-state index < -0.39 is 11.5 Å². The van der Waals surface area contributed by atoms with Crippen LogP contribution in [0.25, 0.3) is 0 Å². The van der Waals surface area contributed by atoms with Gasteiger partial charge < -0.3 is 10.8 Å². The highest BCUT2D eigenvalue weighted by Crippen LogP contribution is 2.25. The molecule has 0 saturated carbocycles. The molecule has 1 amide bonds. The van der Waals surface area contributed by atoms with Crippen LogP contribution in [0.4, 0.5) is 0 Å². The zero-order chi connectivity index (χ0) is 14.1. The van der Waals surface area contributed by atoms with Crippen molar-refractivity contribution in [1.82, 2.24) is 0 Å². The Balaban J connectivity index is 2.63. The Bertz CT molecular complexity index is 382. The lowest BCUT2D eigenvalue weighted by molar-refractivity contribution is -0.445. The summed E-state index contributed by atoms with van der Waals surface area (Å²) >= 11 is 0. The Morgan fingerprint density at radius 1 is 1.26 bits per heavy atom. The van der Waals surface area contributed by atoms with Crippen LogP contribution in [-0.2, 0) is 4.79 Å². The highest BCUT2D eigenvalue weighted by atomic mass is 16.3. The number of carbonyl (C=O) groups is 1. The summed E-state index contributed by atoms with van der Waals surface area (Å²) in [4.78, 5) is 11.6. The number of hydrogen-bond acceptors (Lipinski definition) is 2. The number of amides is 1. The fourth-order valence-electron chi connectivity index (χ4n) is 2.30. The third-order valence-corrected chi connectivity index (χ3v) is 3.54. The number of unbranched alkanes of at least 4 members (excludes halogenated alkanes) is 4. The van der Waals surface area contributed by atoms with Gasteiger partial charge in [0.1, 0.15) is 0 Å². The van der Waals surface area contributed by atoms with Crippen molar-refractivity contribution in [2.24, 2.45) is 5.73 Å². The molecule has 1 atom stereocenters. The third kappa shape index (κ3) is 4.67. The van der Waals surface area contributed by atoms with E-state index in [9.17, 15) is 9.90 Å². The zero-order valence-corrected chi connectivity index (χ0v) is 11.7. The van der Waals surface area contributed by atoms with Crippen LogP contribution in [0.15, 0.2) is 36.0 Å². The van der Waals surface area contributed by atoms with Gasteiger partial charge in [-0.2, -0.15) is 0 Å². The van der Waals surface area contributed by atoms with Crippen molar-refractivity contribution in [3.63, 3.8) is 0 Å². The summed E-state index contributed by atoms with van der Waals surface area (Å²) in [5.74, 6) is -0.752. The summed E-state index contributed by atoms with van der Waals surface area (Å²) in [6, 6.07) is 0. The van der Waals surface area contributed by atoms with E-state index in [1.54, 1.807) is 12.2 Å². The Hall–Kier alpha value is -1.35. The summed E-state index contributed by atoms with van der Waals surface area (Å²) in [5, 5.41) is 12.7. The number of hydrogen-bond donors (Lipinski definition) is 1. The van der Waals surface area contributed by atoms with Gasteiger partial charge in [-0.25, -0.2) is 0 Å². The van der Waals surface area contributed by atoms with Crippen LogP contribution in [0.5, 0.6) is 0 Å². The number of primary amides is 1. The smallest absolute Gasteiger partial charge is 0.211 e. The molecule has 0 bridgehead atoms. The van der Waals surface area contributed by atoms with Gasteiger partial charge in [0, 0.05) is 0 Å². The van der Waals surface area contributed by atoms with Gasteiger partial charge in [0.15, 0.2) is 0 Å². The van der Waals surface area contributed by atoms with Gasteiger partial charge in [0.2, 0.25) is 5.91 Å². The molecule has 1 aliphatic rings. The lowest BCUT2D eigenvalue weighted by Gasteiger charge is -2.39. The predicted octanol–water partition coefficient (Wildman–Crippen LogP) is 2.37. The van der Waals surface area contributed by atoms with Gasteiger partial charge in [-0.1, -0.05) is 81.4 Å². The van der Waals surface area contributed by atoms with E-state index in [0.717, 1.165) is 19.3 Å². The molecule has 19 heavy (non-hydrogen) atoms. The van der Waals surface area contributed by atoms with Crippen LogP contribution in [0.3, 0.4) is 0 Å². The quantitative estimate of drug-likeness (QED) is 0.682. The minimum atomic E-state index is -1.74. The number of nitrogens with two attached hydrogens (primary N) is 1. The molecule has 1 rings (SSSR count). The van der Waals surface area contributed by atoms with Crippen molar-refractivity contribution in [3.8, 4) is 0 Å². The summed E-state index contributed by atoms with van der Waals surface area (Å²) in [5.41, 5.74) is 4.19. The average molecular weight is 262 g/mol. The van der Waals surface area contributed by atoms with Crippen molar-refractivity contribution in [2.45, 2.75) is 57.5 Å². The normalized spacial score (nSPS) is 17.7. The lowest BCUT2D eigenvalue weighted by atomic mass is 9.85. The molecule has 1 aliphatic carbocycles. The van der Waals surface area contributed by atoms with E-state index in [-0.39, 0.29) is 0 Å². The first kappa shape index (κ1) is 15.7. The van der Waals surface area contributed by atoms with Crippen LogP contribution in [-0.4, -0.2) is 11.5 Å².